The van der Waals surface area contributed by atoms with Crippen molar-refractivity contribution in [2.75, 3.05) is 0 Å². The van der Waals surface area contributed by atoms with Gasteiger partial charge in [-0.25, -0.2) is 4.79 Å². The van der Waals surface area contributed by atoms with Gasteiger partial charge in [0.2, 0.25) is 11.7 Å². The molecule has 0 saturated carbocycles. The van der Waals surface area contributed by atoms with Crippen molar-refractivity contribution in [2.45, 2.75) is 6.92 Å². The van der Waals surface area contributed by atoms with Gasteiger partial charge in [-0.1, -0.05) is 28.4 Å². The zero-order chi connectivity index (χ0) is 12.6. The van der Waals surface area contributed by atoms with Crippen molar-refractivity contribution >= 4 is 29.2 Å². The van der Waals surface area contributed by atoms with Crippen molar-refractivity contribution < 1.29 is 14.4 Å². The number of halogens is 2. The molecule has 0 atom stereocenters. The highest BCUT2D eigenvalue weighted by Gasteiger charge is 2.20. The fourth-order valence-corrected chi connectivity index (χ4v) is 1.94. The zero-order valence-electron chi connectivity index (χ0n) is 8.57. The summed E-state index contributed by atoms with van der Waals surface area (Å²) >= 11 is 11.9. The lowest BCUT2D eigenvalue weighted by molar-refractivity contribution is 0.0697. The number of hydrogen-bond donors (Lipinski definition) is 1. The van der Waals surface area contributed by atoms with Gasteiger partial charge in [0.25, 0.3) is 0 Å². The Morgan fingerprint density at radius 2 is 2.12 bits per heavy atom. The van der Waals surface area contributed by atoms with Gasteiger partial charge in [0.1, 0.15) is 0 Å². The lowest BCUT2D eigenvalue weighted by Gasteiger charge is -2.05. The predicted molar refractivity (Wildman–Crippen MR) is 61.5 cm³/mol. The molecule has 2 rings (SSSR count). The van der Waals surface area contributed by atoms with E-state index < -0.39 is 5.97 Å². The first-order valence-electron chi connectivity index (χ1n) is 4.52. The van der Waals surface area contributed by atoms with E-state index in [1.807, 2.05) is 0 Å². The largest absolute Gasteiger partial charge is 0.478 e. The van der Waals surface area contributed by atoms with Gasteiger partial charge in [-0.2, -0.15) is 4.98 Å². The molecule has 0 unspecified atom stereocenters. The lowest BCUT2D eigenvalue weighted by Crippen LogP contribution is -1.99. The van der Waals surface area contributed by atoms with Crippen LogP contribution in [0.2, 0.25) is 10.0 Å². The third-order valence-corrected chi connectivity index (χ3v) is 2.78. The normalized spacial score (nSPS) is 10.5. The molecule has 0 spiro atoms. The second-order valence-electron chi connectivity index (χ2n) is 3.23. The molecule has 0 aliphatic heterocycles. The van der Waals surface area contributed by atoms with E-state index in [9.17, 15) is 4.79 Å². The van der Waals surface area contributed by atoms with Crippen LogP contribution in [-0.2, 0) is 0 Å². The molecule has 0 aliphatic carbocycles. The molecule has 0 saturated heterocycles. The maximum absolute atomic E-state index is 10.9. The Labute approximate surface area is 106 Å². The number of nitrogens with zero attached hydrogens (tertiary/aromatic N) is 2. The number of aromatic carboxylic acids is 1. The van der Waals surface area contributed by atoms with E-state index in [1.165, 1.54) is 12.1 Å². The summed E-state index contributed by atoms with van der Waals surface area (Å²) in [6, 6.07) is 2.75. The van der Waals surface area contributed by atoms with Crippen LogP contribution in [0.4, 0.5) is 0 Å². The summed E-state index contributed by atoms with van der Waals surface area (Å²) in [5.74, 6) is -0.637. The van der Waals surface area contributed by atoms with Crippen LogP contribution in [0.3, 0.4) is 0 Å². The van der Waals surface area contributed by atoms with E-state index in [0.29, 0.717) is 5.89 Å². The van der Waals surface area contributed by atoms with Gasteiger partial charge in [-0.3, -0.25) is 0 Å². The number of aryl methyl sites for hydroxylation is 1. The fraction of sp³-hybridized carbons (Fsp3) is 0.100. The Morgan fingerprint density at radius 3 is 2.65 bits per heavy atom. The predicted octanol–water partition coefficient (Wildman–Crippen LogP) is 3.05. The number of benzene rings is 1. The van der Waals surface area contributed by atoms with Crippen molar-refractivity contribution in [3.05, 3.63) is 33.6 Å². The minimum absolute atomic E-state index is 0.00852. The highest BCUT2D eigenvalue weighted by molar-refractivity contribution is 6.40. The van der Waals surface area contributed by atoms with Crippen LogP contribution >= 0.6 is 23.2 Å². The van der Waals surface area contributed by atoms with Gasteiger partial charge >= 0.3 is 5.97 Å². The van der Waals surface area contributed by atoms with Gasteiger partial charge in [0.05, 0.1) is 21.2 Å². The third-order valence-electron chi connectivity index (χ3n) is 2.07. The van der Waals surface area contributed by atoms with Gasteiger partial charge < -0.3 is 9.63 Å². The van der Waals surface area contributed by atoms with Crippen molar-refractivity contribution in [1.82, 2.24) is 10.1 Å². The van der Waals surface area contributed by atoms with Crippen molar-refractivity contribution in [1.29, 1.82) is 0 Å². The summed E-state index contributed by atoms with van der Waals surface area (Å²) in [6.45, 7) is 1.61. The SMILES string of the molecule is Cc1nc(-c2c(Cl)ccc(C(=O)O)c2Cl)no1. The third kappa shape index (κ3) is 2.11. The molecule has 17 heavy (non-hydrogen) atoms. The number of aromatic nitrogens is 2. The Hall–Kier alpha value is -1.59. The van der Waals surface area contributed by atoms with Crippen LogP contribution in [0.25, 0.3) is 11.4 Å². The highest BCUT2D eigenvalue weighted by Crippen LogP contribution is 2.35. The smallest absolute Gasteiger partial charge is 0.337 e. The van der Waals surface area contributed by atoms with E-state index >= 15 is 0 Å². The van der Waals surface area contributed by atoms with E-state index in [-0.39, 0.29) is 27.0 Å². The Kier molecular flexibility index (Phi) is 3.04. The summed E-state index contributed by atoms with van der Waals surface area (Å²) in [5, 5.41) is 12.9. The zero-order valence-corrected chi connectivity index (χ0v) is 10.1. The first-order valence-corrected chi connectivity index (χ1v) is 5.28. The first kappa shape index (κ1) is 11.9. The van der Waals surface area contributed by atoms with Gasteiger partial charge in [-0.05, 0) is 12.1 Å². The highest BCUT2D eigenvalue weighted by atomic mass is 35.5. The average molecular weight is 273 g/mol. The second kappa shape index (κ2) is 4.35. The summed E-state index contributed by atoms with van der Waals surface area (Å²) in [5.41, 5.74) is 0.193. The minimum atomic E-state index is -1.15. The Balaban J connectivity index is 2.68. The quantitative estimate of drug-likeness (QED) is 0.909. The van der Waals surface area contributed by atoms with Crippen LogP contribution in [0.5, 0.6) is 0 Å². The van der Waals surface area contributed by atoms with Gasteiger partial charge in [0.15, 0.2) is 0 Å². The summed E-state index contributed by atoms with van der Waals surface area (Å²) in [7, 11) is 0. The first-order chi connectivity index (χ1) is 8.00. The average Bonchev–Trinajstić information content (AvgIpc) is 2.64. The van der Waals surface area contributed by atoms with Crippen LogP contribution in [0, 0.1) is 6.92 Å². The molecule has 5 nitrogen and oxygen atoms in total. The molecule has 0 aliphatic rings. The number of rotatable bonds is 2. The van der Waals surface area contributed by atoms with Crippen LogP contribution < -0.4 is 0 Å². The monoisotopic (exact) mass is 272 g/mol. The molecule has 1 N–H and O–H groups in total. The maximum Gasteiger partial charge on any atom is 0.337 e. The maximum atomic E-state index is 10.9. The summed E-state index contributed by atoms with van der Waals surface area (Å²) < 4.78 is 4.80. The van der Waals surface area contributed by atoms with Crippen LogP contribution in [-0.4, -0.2) is 21.2 Å². The molecule has 0 radical (unpaired) electrons. The number of carboxylic acids is 1. The second-order valence-corrected chi connectivity index (χ2v) is 4.01. The number of carboxylic acid groups (broad SMARTS) is 1. The number of hydrogen-bond acceptors (Lipinski definition) is 4. The molecule has 1 aromatic carbocycles. The summed E-state index contributed by atoms with van der Waals surface area (Å²) in [6.07, 6.45) is 0. The van der Waals surface area contributed by atoms with E-state index in [1.54, 1.807) is 6.92 Å². The molecule has 0 amide bonds. The minimum Gasteiger partial charge on any atom is -0.478 e. The molecule has 1 aromatic heterocycles. The Morgan fingerprint density at radius 1 is 1.41 bits per heavy atom. The van der Waals surface area contributed by atoms with E-state index in [0.717, 1.165) is 0 Å². The van der Waals surface area contributed by atoms with Gasteiger partial charge in [-0.15, -0.1) is 0 Å². The molecule has 88 valence electrons. The topological polar surface area (TPSA) is 76.2 Å². The molecular formula is C10H6Cl2N2O3. The van der Waals surface area contributed by atoms with Crippen molar-refractivity contribution in [3.63, 3.8) is 0 Å². The molecule has 2 aromatic rings. The standard InChI is InChI=1S/C10H6Cl2N2O3/c1-4-13-9(14-17-4)7-6(11)3-2-5(8(7)12)10(15)16/h2-3H,1H3,(H,15,16). The Bertz CT molecular complexity index is 595. The van der Waals surface area contributed by atoms with Crippen molar-refractivity contribution in [3.8, 4) is 11.4 Å². The van der Waals surface area contributed by atoms with Crippen molar-refractivity contribution in [2.24, 2.45) is 0 Å². The van der Waals surface area contributed by atoms with Gasteiger partial charge in [0, 0.05) is 6.92 Å². The number of carbonyl (C=O) groups is 1. The molecule has 0 bridgehead atoms. The van der Waals surface area contributed by atoms with Crippen LogP contribution in [0.15, 0.2) is 16.7 Å². The molecular weight excluding hydrogens is 267 g/mol. The van der Waals surface area contributed by atoms with E-state index in [2.05, 4.69) is 10.1 Å². The molecule has 1 heterocycles. The lowest BCUT2D eigenvalue weighted by atomic mass is 10.1. The van der Waals surface area contributed by atoms with E-state index in [4.69, 9.17) is 32.8 Å². The van der Waals surface area contributed by atoms with Crippen LogP contribution in [0.1, 0.15) is 16.2 Å². The molecule has 7 heteroatoms. The molecule has 0 fully saturated rings. The summed E-state index contributed by atoms with van der Waals surface area (Å²) in [4.78, 5) is 14.9. The fourth-order valence-electron chi connectivity index (χ4n) is 1.32.